The second kappa shape index (κ2) is 5.83. The number of anilines is 1. The van der Waals surface area contributed by atoms with E-state index >= 15 is 0 Å². The van der Waals surface area contributed by atoms with Crippen LogP contribution < -0.4 is 4.90 Å². The van der Waals surface area contributed by atoms with Gasteiger partial charge in [-0.3, -0.25) is 0 Å². The fraction of sp³-hybridized carbons (Fsp3) is 0.316. The van der Waals surface area contributed by atoms with Gasteiger partial charge >= 0.3 is 0 Å². The predicted molar refractivity (Wildman–Crippen MR) is 99.6 cm³/mol. The molecule has 0 fully saturated rings. The highest BCUT2D eigenvalue weighted by molar-refractivity contribution is 7.98. The molecule has 124 valence electrons. The second-order valence-electron chi connectivity index (χ2n) is 6.61. The maximum atomic E-state index is 10.7. The molecule has 1 aliphatic heterocycles. The maximum absolute atomic E-state index is 10.7. The molecular weight excluding hydrogens is 318 g/mol. The third-order valence-corrected chi connectivity index (χ3v) is 5.67. The third kappa shape index (κ3) is 2.68. The minimum absolute atomic E-state index is 0.748. The fourth-order valence-corrected chi connectivity index (χ4v) is 4.24. The Bertz CT molecular complexity index is 854. The Hall–Kier alpha value is -1.98. The zero-order chi connectivity index (χ0) is 16.7. The molecule has 2 heterocycles. The van der Waals surface area contributed by atoms with E-state index in [-0.39, 0.29) is 0 Å². The SMILES string of the molecule is CN1CCC(C)(O)c2cccc(CSc3nc4ccccc4[nH]3)c21. The molecule has 0 spiro atoms. The Kier molecular flexibility index (Phi) is 3.77. The Morgan fingerprint density at radius 2 is 2.08 bits per heavy atom. The van der Waals surface area contributed by atoms with Gasteiger partial charge in [-0.05, 0) is 31.0 Å². The largest absolute Gasteiger partial charge is 0.385 e. The summed E-state index contributed by atoms with van der Waals surface area (Å²) in [6.07, 6.45) is 0.761. The number of aromatic nitrogens is 2. The van der Waals surface area contributed by atoms with Crippen molar-refractivity contribution in [3.8, 4) is 0 Å². The van der Waals surface area contributed by atoms with Crippen molar-refractivity contribution in [2.45, 2.75) is 29.9 Å². The van der Waals surface area contributed by atoms with Gasteiger partial charge in [0, 0.05) is 30.6 Å². The van der Waals surface area contributed by atoms with E-state index in [0.29, 0.717) is 0 Å². The molecule has 5 heteroatoms. The molecule has 4 nitrogen and oxygen atoms in total. The van der Waals surface area contributed by atoms with E-state index in [1.807, 2.05) is 43.3 Å². The second-order valence-corrected chi connectivity index (χ2v) is 7.57. The van der Waals surface area contributed by atoms with E-state index in [1.54, 1.807) is 11.8 Å². The van der Waals surface area contributed by atoms with Gasteiger partial charge < -0.3 is 15.0 Å². The summed E-state index contributed by atoms with van der Waals surface area (Å²) in [5.41, 5.74) is 4.74. The zero-order valence-electron chi connectivity index (χ0n) is 13.9. The van der Waals surface area contributed by atoms with Gasteiger partial charge in [-0.1, -0.05) is 42.1 Å². The number of fused-ring (bicyclic) bond motifs is 2. The smallest absolute Gasteiger partial charge is 0.166 e. The molecule has 2 N–H and O–H groups in total. The Balaban J connectivity index is 1.63. The lowest BCUT2D eigenvalue weighted by Gasteiger charge is -2.38. The first-order valence-corrected chi connectivity index (χ1v) is 9.16. The molecule has 2 aromatic carbocycles. The summed E-state index contributed by atoms with van der Waals surface area (Å²) in [6.45, 7) is 2.78. The van der Waals surface area contributed by atoms with E-state index in [2.05, 4.69) is 28.0 Å². The number of thioether (sulfide) groups is 1. The van der Waals surface area contributed by atoms with Crippen molar-refractivity contribution in [1.29, 1.82) is 0 Å². The lowest BCUT2D eigenvalue weighted by atomic mass is 9.86. The van der Waals surface area contributed by atoms with E-state index in [9.17, 15) is 5.11 Å². The number of rotatable bonds is 3. The predicted octanol–water partition coefficient (Wildman–Crippen LogP) is 3.90. The fourth-order valence-electron chi connectivity index (χ4n) is 3.37. The van der Waals surface area contributed by atoms with Crippen molar-refractivity contribution < 1.29 is 5.11 Å². The van der Waals surface area contributed by atoms with Gasteiger partial charge in [0.25, 0.3) is 0 Å². The van der Waals surface area contributed by atoms with Crippen LogP contribution in [0, 0.1) is 0 Å². The first-order valence-electron chi connectivity index (χ1n) is 8.18. The summed E-state index contributed by atoms with van der Waals surface area (Å²) in [5.74, 6) is 0.823. The minimum Gasteiger partial charge on any atom is -0.385 e. The number of hydrogen-bond acceptors (Lipinski definition) is 4. The van der Waals surface area contributed by atoms with Crippen molar-refractivity contribution in [2.75, 3.05) is 18.5 Å². The number of aromatic amines is 1. The molecule has 0 saturated carbocycles. The van der Waals surface area contributed by atoms with Gasteiger partial charge in [0.15, 0.2) is 5.16 Å². The van der Waals surface area contributed by atoms with Crippen LogP contribution in [0.25, 0.3) is 11.0 Å². The van der Waals surface area contributed by atoms with E-state index in [0.717, 1.165) is 46.2 Å². The van der Waals surface area contributed by atoms with Crippen LogP contribution in [0.3, 0.4) is 0 Å². The Morgan fingerprint density at radius 1 is 1.25 bits per heavy atom. The number of imidazole rings is 1. The molecule has 4 rings (SSSR count). The molecule has 0 saturated heterocycles. The molecule has 0 aliphatic carbocycles. The van der Waals surface area contributed by atoms with Crippen LogP contribution in [0.5, 0.6) is 0 Å². The topological polar surface area (TPSA) is 52.1 Å². The van der Waals surface area contributed by atoms with Gasteiger partial charge in [-0.15, -0.1) is 0 Å². The summed E-state index contributed by atoms with van der Waals surface area (Å²) in [5, 5.41) is 11.6. The molecule has 1 aliphatic rings. The number of nitrogens with zero attached hydrogens (tertiary/aromatic N) is 2. The number of hydrogen-bond donors (Lipinski definition) is 2. The maximum Gasteiger partial charge on any atom is 0.166 e. The Morgan fingerprint density at radius 3 is 2.92 bits per heavy atom. The van der Waals surface area contributed by atoms with E-state index in [1.165, 1.54) is 5.56 Å². The van der Waals surface area contributed by atoms with Gasteiger partial charge in [0.1, 0.15) is 0 Å². The van der Waals surface area contributed by atoms with Crippen LogP contribution in [-0.2, 0) is 11.4 Å². The average molecular weight is 339 g/mol. The van der Waals surface area contributed by atoms with Gasteiger partial charge in [0.2, 0.25) is 0 Å². The van der Waals surface area contributed by atoms with Crippen LogP contribution in [0.15, 0.2) is 47.6 Å². The molecule has 0 amide bonds. The molecule has 1 unspecified atom stereocenters. The summed E-state index contributed by atoms with van der Waals surface area (Å²) >= 11 is 1.70. The van der Waals surface area contributed by atoms with Crippen LogP contribution in [0.2, 0.25) is 0 Å². The number of para-hydroxylation sites is 3. The van der Waals surface area contributed by atoms with E-state index in [4.69, 9.17) is 0 Å². The van der Waals surface area contributed by atoms with Gasteiger partial charge in [-0.2, -0.15) is 0 Å². The first-order chi connectivity index (χ1) is 11.5. The number of aliphatic hydroxyl groups is 1. The van der Waals surface area contributed by atoms with Crippen LogP contribution in [0.1, 0.15) is 24.5 Å². The monoisotopic (exact) mass is 339 g/mol. The highest BCUT2D eigenvalue weighted by atomic mass is 32.2. The number of nitrogens with one attached hydrogen (secondary N) is 1. The summed E-state index contributed by atoms with van der Waals surface area (Å²) in [4.78, 5) is 10.2. The third-order valence-electron chi connectivity index (χ3n) is 4.75. The normalized spacial score (nSPS) is 20.4. The highest BCUT2D eigenvalue weighted by Crippen LogP contribution is 2.41. The van der Waals surface area contributed by atoms with Gasteiger partial charge in [-0.25, -0.2) is 4.98 Å². The lowest BCUT2D eigenvalue weighted by molar-refractivity contribution is 0.0460. The zero-order valence-corrected chi connectivity index (χ0v) is 14.7. The number of H-pyrrole nitrogens is 1. The van der Waals surface area contributed by atoms with Gasteiger partial charge in [0.05, 0.1) is 16.6 Å². The standard InChI is InChI=1S/C19H21N3OS/c1-19(23)10-11-22(2)17-13(6-5-7-14(17)19)12-24-18-20-15-8-3-4-9-16(15)21-18/h3-9,23H,10-12H2,1-2H3,(H,20,21). The van der Waals surface area contributed by atoms with Crippen molar-refractivity contribution in [2.24, 2.45) is 0 Å². The van der Waals surface area contributed by atoms with E-state index < -0.39 is 5.60 Å². The van der Waals surface area contributed by atoms with Crippen LogP contribution >= 0.6 is 11.8 Å². The Labute approximate surface area is 145 Å². The molecule has 1 aromatic heterocycles. The molecule has 3 aromatic rings. The lowest BCUT2D eigenvalue weighted by Crippen LogP contribution is -2.37. The van der Waals surface area contributed by atoms with Crippen LogP contribution in [0.4, 0.5) is 5.69 Å². The summed E-state index contributed by atoms with van der Waals surface area (Å²) < 4.78 is 0. The minimum atomic E-state index is -0.748. The average Bonchev–Trinajstić information content (AvgIpc) is 2.99. The molecular formula is C19H21N3OS. The molecule has 0 bridgehead atoms. The van der Waals surface area contributed by atoms with Crippen molar-refractivity contribution in [3.63, 3.8) is 0 Å². The molecule has 1 atom stereocenters. The van der Waals surface area contributed by atoms with Crippen molar-refractivity contribution in [1.82, 2.24) is 9.97 Å². The number of benzene rings is 2. The van der Waals surface area contributed by atoms with Crippen molar-refractivity contribution in [3.05, 3.63) is 53.6 Å². The highest BCUT2D eigenvalue weighted by Gasteiger charge is 2.33. The molecule has 24 heavy (non-hydrogen) atoms. The quantitative estimate of drug-likeness (QED) is 0.711. The summed E-state index contributed by atoms with van der Waals surface area (Å²) in [7, 11) is 2.10. The summed E-state index contributed by atoms with van der Waals surface area (Å²) in [6, 6.07) is 14.3. The van der Waals surface area contributed by atoms with Crippen LogP contribution in [-0.4, -0.2) is 28.7 Å². The first kappa shape index (κ1) is 15.5. The molecule has 0 radical (unpaired) electrons. The van der Waals surface area contributed by atoms with Crippen molar-refractivity contribution >= 4 is 28.5 Å².